The highest BCUT2D eigenvalue weighted by molar-refractivity contribution is 6.74. The van der Waals surface area contributed by atoms with Crippen LogP contribution in [0.2, 0.25) is 18.1 Å². The molecule has 0 N–H and O–H groups in total. The molecule has 0 spiro atoms. The Balaban J connectivity index is 1.71. The number of ether oxygens (including phenoxy) is 3. The Hall–Kier alpha value is -1.89. The lowest BCUT2D eigenvalue weighted by Crippen LogP contribution is -2.44. The summed E-state index contributed by atoms with van der Waals surface area (Å²) in [4.78, 5) is 13.3. The van der Waals surface area contributed by atoms with Gasteiger partial charge >= 0.3 is 5.97 Å². The second-order valence-corrected chi connectivity index (χ2v) is 20.4. The van der Waals surface area contributed by atoms with Gasteiger partial charge in [-0.2, -0.15) is 0 Å². The highest BCUT2D eigenvalue weighted by atomic mass is 28.4. The van der Waals surface area contributed by atoms with E-state index in [-0.39, 0.29) is 16.4 Å². The van der Waals surface area contributed by atoms with E-state index in [2.05, 4.69) is 73.7 Å². The predicted molar refractivity (Wildman–Crippen MR) is 184 cm³/mol. The van der Waals surface area contributed by atoms with Crippen molar-refractivity contribution in [1.82, 2.24) is 0 Å². The number of esters is 1. The van der Waals surface area contributed by atoms with Crippen molar-refractivity contribution >= 4 is 14.3 Å². The van der Waals surface area contributed by atoms with Crippen molar-refractivity contribution in [2.45, 2.75) is 112 Å². The zero-order valence-electron chi connectivity index (χ0n) is 29.8. The van der Waals surface area contributed by atoms with Crippen LogP contribution in [0.1, 0.15) is 92.6 Å². The molecule has 1 aromatic carbocycles. The second kappa shape index (κ2) is 15.6. The van der Waals surface area contributed by atoms with Crippen molar-refractivity contribution in [3.8, 4) is 5.75 Å². The van der Waals surface area contributed by atoms with Crippen LogP contribution in [0.15, 0.2) is 47.6 Å². The van der Waals surface area contributed by atoms with Gasteiger partial charge in [-0.15, -0.1) is 0 Å². The van der Waals surface area contributed by atoms with E-state index >= 15 is 0 Å². The van der Waals surface area contributed by atoms with Crippen LogP contribution in [0.3, 0.4) is 0 Å². The van der Waals surface area contributed by atoms with E-state index in [4.69, 9.17) is 18.6 Å². The minimum Gasteiger partial charge on any atom is -0.497 e. The van der Waals surface area contributed by atoms with Crippen LogP contribution in [-0.2, 0) is 25.3 Å². The fraction of sp³-hybridized carbons (Fsp3) is 0.711. The molecule has 0 aromatic heterocycles. The summed E-state index contributed by atoms with van der Waals surface area (Å²) in [6, 6.07) is 8.03. The standard InChI is InChI=1S/C38H62O5Si/c1-27(2)31-22-23-38(7,26-43-44(10,11)37(4,5)6)35(31)21-20-34(36(39)41-9)33-19-14-28(3)32(33)13-12-24-42-25-29-15-17-30(40-8)18-16-29/h15-20,27-28,31-32,35H,12-14,21-26H2,1-11H3/b34-20+/t28-,31+,32-,35-,38+/m0/s1. The molecule has 0 radical (unpaired) electrons. The van der Waals surface area contributed by atoms with Gasteiger partial charge in [-0.1, -0.05) is 72.8 Å². The van der Waals surface area contributed by atoms with E-state index in [1.54, 1.807) is 7.11 Å². The Morgan fingerprint density at radius 1 is 1.14 bits per heavy atom. The SMILES string of the molecule is COC(=O)/C(=C/C[C@H]1[C@@H](C(C)C)CC[C@]1(C)CO[Si](C)(C)C(C)(C)C)C1=CC[C@H](C)[C@@H]1CCCOCc1ccc(OC)cc1. The molecule has 44 heavy (non-hydrogen) atoms. The first-order chi connectivity index (χ1) is 20.6. The Labute approximate surface area is 270 Å². The van der Waals surface area contributed by atoms with Crippen molar-refractivity contribution in [2.24, 2.45) is 35.0 Å². The van der Waals surface area contributed by atoms with Gasteiger partial charge in [0.1, 0.15) is 5.75 Å². The van der Waals surface area contributed by atoms with Gasteiger partial charge in [0, 0.05) is 13.2 Å². The molecule has 0 unspecified atom stereocenters. The number of rotatable bonds is 15. The highest BCUT2D eigenvalue weighted by Gasteiger charge is 2.48. The van der Waals surface area contributed by atoms with Crippen LogP contribution in [-0.4, -0.2) is 41.7 Å². The molecular formula is C38H62O5Si. The van der Waals surface area contributed by atoms with E-state index < -0.39 is 8.32 Å². The molecule has 248 valence electrons. The molecule has 3 rings (SSSR count). The van der Waals surface area contributed by atoms with Crippen LogP contribution >= 0.6 is 0 Å². The number of allylic oxidation sites excluding steroid dienone is 2. The summed E-state index contributed by atoms with van der Waals surface area (Å²) < 4.78 is 23.5. The Morgan fingerprint density at radius 2 is 1.82 bits per heavy atom. The number of benzene rings is 1. The lowest BCUT2D eigenvalue weighted by Gasteiger charge is -2.41. The van der Waals surface area contributed by atoms with Crippen LogP contribution in [0.5, 0.6) is 5.75 Å². The number of hydrogen-bond donors (Lipinski definition) is 0. The van der Waals surface area contributed by atoms with E-state index in [1.807, 2.05) is 24.3 Å². The molecule has 5 atom stereocenters. The van der Waals surface area contributed by atoms with Gasteiger partial charge in [0.25, 0.3) is 0 Å². The maximum absolute atomic E-state index is 13.3. The first kappa shape index (κ1) is 36.6. The summed E-state index contributed by atoms with van der Waals surface area (Å²) in [5, 5.41) is 0.189. The van der Waals surface area contributed by atoms with Crippen molar-refractivity contribution in [3.63, 3.8) is 0 Å². The summed E-state index contributed by atoms with van der Waals surface area (Å²) in [6.45, 7) is 23.2. The number of methoxy groups -OCH3 is 2. The van der Waals surface area contributed by atoms with Crippen molar-refractivity contribution < 1.29 is 23.4 Å². The number of hydrogen-bond acceptors (Lipinski definition) is 5. The maximum atomic E-state index is 13.3. The van der Waals surface area contributed by atoms with Crippen LogP contribution in [0.25, 0.3) is 0 Å². The normalized spacial score (nSPS) is 26.3. The van der Waals surface area contributed by atoms with Crippen molar-refractivity contribution in [2.75, 3.05) is 27.4 Å². The molecule has 0 heterocycles. The van der Waals surface area contributed by atoms with Crippen LogP contribution < -0.4 is 4.74 Å². The maximum Gasteiger partial charge on any atom is 0.337 e. The summed E-state index contributed by atoms with van der Waals surface area (Å²) in [5.74, 6) is 3.17. The number of carbonyl (C=O) groups is 1. The van der Waals surface area contributed by atoms with Crippen LogP contribution in [0.4, 0.5) is 0 Å². The van der Waals surface area contributed by atoms with E-state index in [9.17, 15) is 4.79 Å². The summed E-state index contributed by atoms with van der Waals surface area (Å²) >= 11 is 0. The molecule has 1 saturated carbocycles. The Bertz CT molecular complexity index is 1130. The molecule has 1 fully saturated rings. The molecule has 1 aromatic rings. The molecule has 2 aliphatic carbocycles. The smallest absolute Gasteiger partial charge is 0.337 e. The molecule has 0 saturated heterocycles. The van der Waals surface area contributed by atoms with Crippen molar-refractivity contribution in [3.05, 3.63) is 53.1 Å². The third-order valence-corrected chi connectivity index (χ3v) is 15.7. The van der Waals surface area contributed by atoms with Gasteiger partial charge in [-0.05, 0) is 115 Å². The highest BCUT2D eigenvalue weighted by Crippen LogP contribution is 2.53. The molecule has 6 heteroatoms. The van der Waals surface area contributed by atoms with Gasteiger partial charge in [-0.25, -0.2) is 4.79 Å². The molecule has 0 amide bonds. The Kier molecular flexibility index (Phi) is 13.0. The van der Waals surface area contributed by atoms with Crippen LogP contribution in [0, 0.1) is 35.0 Å². The number of carbonyl (C=O) groups excluding carboxylic acids is 1. The summed E-state index contributed by atoms with van der Waals surface area (Å²) in [6.07, 6.45) is 10.8. The van der Waals surface area contributed by atoms with Gasteiger partial charge < -0.3 is 18.6 Å². The van der Waals surface area contributed by atoms with E-state index in [0.717, 1.165) is 49.2 Å². The largest absolute Gasteiger partial charge is 0.497 e. The van der Waals surface area contributed by atoms with Gasteiger partial charge in [0.05, 0.1) is 26.4 Å². The average molecular weight is 627 g/mol. The minimum absolute atomic E-state index is 0.0974. The fourth-order valence-corrected chi connectivity index (χ4v) is 8.20. The first-order valence-electron chi connectivity index (χ1n) is 17.0. The second-order valence-electron chi connectivity index (χ2n) is 15.6. The van der Waals surface area contributed by atoms with Crippen molar-refractivity contribution in [1.29, 1.82) is 0 Å². The third-order valence-electron chi connectivity index (χ3n) is 11.2. The summed E-state index contributed by atoms with van der Waals surface area (Å²) in [7, 11) is 1.33. The van der Waals surface area contributed by atoms with Gasteiger partial charge in [0.15, 0.2) is 8.32 Å². The third kappa shape index (κ3) is 9.10. The lowest BCUT2D eigenvalue weighted by atomic mass is 9.72. The van der Waals surface area contributed by atoms with Gasteiger partial charge in [-0.3, -0.25) is 0 Å². The minimum atomic E-state index is -1.86. The zero-order chi connectivity index (χ0) is 32.7. The van der Waals surface area contributed by atoms with E-state index in [0.29, 0.717) is 42.8 Å². The lowest BCUT2D eigenvalue weighted by molar-refractivity contribution is -0.135. The average Bonchev–Trinajstić information content (AvgIpc) is 3.51. The quantitative estimate of drug-likeness (QED) is 0.0840. The summed E-state index contributed by atoms with van der Waals surface area (Å²) in [5.41, 5.74) is 3.20. The predicted octanol–water partition coefficient (Wildman–Crippen LogP) is 9.77. The van der Waals surface area contributed by atoms with E-state index in [1.165, 1.54) is 25.5 Å². The molecule has 0 aliphatic heterocycles. The monoisotopic (exact) mass is 626 g/mol. The Morgan fingerprint density at radius 3 is 2.41 bits per heavy atom. The molecule has 0 bridgehead atoms. The molecular weight excluding hydrogens is 564 g/mol. The van der Waals surface area contributed by atoms with Gasteiger partial charge in [0.2, 0.25) is 0 Å². The topological polar surface area (TPSA) is 54.0 Å². The molecule has 5 nitrogen and oxygen atoms in total. The zero-order valence-corrected chi connectivity index (χ0v) is 30.8. The molecule has 2 aliphatic rings. The first-order valence-corrected chi connectivity index (χ1v) is 19.9. The fourth-order valence-electron chi connectivity index (χ4n) is 7.07.